The Balaban J connectivity index is 1.57. The minimum Gasteiger partial charge on any atom is -0.378 e. The fourth-order valence-corrected chi connectivity index (χ4v) is 3.63. The van der Waals surface area contributed by atoms with Crippen LogP contribution >= 0.6 is 0 Å². The van der Waals surface area contributed by atoms with E-state index in [-0.39, 0.29) is 11.9 Å². The molecule has 3 heterocycles. The molecule has 0 saturated carbocycles. The van der Waals surface area contributed by atoms with Gasteiger partial charge in [0.15, 0.2) is 0 Å². The van der Waals surface area contributed by atoms with E-state index in [1.807, 2.05) is 37.4 Å². The zero-order valence-corrected chi connectivity index (χ0v) is 16.3. The number of morpholine rings is 1. The van der Waals surface area contributed by atoms with Gasteiger partial charge in [-0.3, -0.25) is 9.78 Å². The lowest BCUT2D eigenvalue weighted by molar-refractivity contribution is 0.0935. The first kappa shape index (κ1) is 18.4. The van der Waals surface area contributed by atoms with Gasteiger partial charge in [0.25, 0.3) is 5.91 Å². The first-order valence-corrected chi connectivity index (χ1v) is 9.67. The molecule has 0 unspecified atom stereocenters. The second kappa shape index (κ2) is 7.98. The Morgan fingerprint density at radius 2 is 1.96 bits per heavy atom. The second-order valence-electron chi connectivity index (χ2n) is 6.99. The summed E-state index contributed by atoms with van der Waals surface area (Å²) in [5.41, 5.74) is 3.51. The molecule has 1 aliphatic heterocycles. The lowest BCUT2D eigenvalue weighted by atomic mass is 10.1. The number of aromatic nitrogens is 3. The summed E-state index contributed by atoms with van der Waals surface area (Å²) < 4.78 is 7.51. The Morgan fingerprint density at radius 3 is 2.68 bits per heavy atom. The van der Waals surface area contributed by atoms with Gasteiger partial charge in [0, 0.05) is 38.1 Å². The number of aryl methyl sites for hydroxylation is 1. The highest BCUT2D eigenvalue weighted by Gasteiger charge is 2.19. The second-order valence-corrected chi connectivity index (χ2v) is 6.99. The van der Waals surface area contributed by atoms with Gasteiger partial charge in [0.2, 0.25) is 5.95 Å². The van der Waals surface area contributed by atoms with Crippen molar-refractivity contribution in [2.45, 2.75) is 19.4 Å². The van der Waals surface area contributed by atoms with Crippen molar-refractivity contribution in [3.8, 4) is 0 Å². The molecule has 1 atom stereocenters. The molecular weight excluding hydrogens is 354 g/mol. The van der Waals surface area contributed by atoms with Crippen molar-refractivity contribution in [1.82, 2.24) is 19.9 Å². The summed E-state index contributed by atoms with van der Waals surface area (Å²) in [5, 5.41) is 3.12. The van der Waals surface area contributed by atoms with Gasteiger partial charge in [0.05, 0.1) is 30.3 Å². The summed E-state index contributed by atoms with van der Waals surface area (Å²) in [6.45, 7) is 5.14. The lowest BCUT2D eigenvalue weighted by Crippen LogP contribution is -2.37. The van der Waals surface area contributed by atoms with Crippen molar-refractivity contribution < 1.29 is 9.53 Å². The molecule has 1 amide bonds. The molecule has 1 saturated heterocycles. The molecular formula is C21H25N5O2. The van der Waals surface area contributed by atoms with E-state index in [9.17, 15) is 4.79 Å². The van der Waals surface area contributed by atoms with E-state index in [4.69, 9.17) is 9.72 Å². The molecule has 0 bridgehead atoms. The van der Waals surface area contributed by atoms with Gasteiger partial charge >= 0.3 is 0 Å². The van der Waals surface area contributed by atoms with E-state index < -0.39 is 0 Å². The van der Waals surface area contributed by atoms with Gasteiger partial charge in [-0.2, -0.15) is 0 Å². The standard InChI is InChI=1S/C21H25N5O2/c1-3-17(15-6-8-22-9-7-15)23-20(27)16-4-5-19-18(14-16)24-21(25(19)2)26-10-12-28-13-11-26/h4-9,14,17H,3,10-13H2,1-2H3,(H,23,27)/t17-/m0/s1. The SMILES string of the molecule is CC[C@H](NC(=O)c1ccc2c(c1)nc(N1CCOCC1)n2C)c1ccncc1. The first-order chi connectivity index (χ1) is 13.7. The van der Waals surface area contributed by atoms with Crippen molar-refractivity contribution in [3.63, 3.8) is 0 Å². The van der Waals surface area contributed by atoms with Crippen LogP contribution in [0.4, 0.5) is 5.95 Å². The van der Waals surface area contributed by atoms with Crippen molar-refractivity contribution in [1.29, 1.82) is 0 Å². The quantitative estimate of drug-likeness (QED) is 0.738. The van der Waals surface area contributed by atoms with Crippen molar-refractivity contribution in [2.24, 2.45) is 7.05 Å². The molecule has 7 heteroatoms. The third-order valence-corrected chi connectivity index (χ3v) is 5.24. The maximum absolute atomic E-state index is 12.8. The monoisotopic (exact) mass is 379 g/mol. The highest BCUT2D eigenvalue weighted by Crippen LogP contribution is 2.24. The molecule has 3 aromatic rings. The van der Waals surface area contributed by atoms with Crippen molar-refractivity contribution in [3.05, 3.63) is 53.9 Å². The molecule has 1 aliphatic rings. The van der Waals surface area contributed by atoms with Gasteiger partial charge in [-0.1, -0.05) is 6.92 Å². The van der Waals surface area contributed by atoms with Crippen LogP contribution in [0.25, 0.3) is 11.0 Å². The van der Waals surface area contributed by atoms with Gasteiger partial charge in [-0.25, -0.2) is 4.98 Å². The van der Waals surface area contributed by atoms with Crippen LogP contribution < -0.4 is 10.2 Å². The number of fused-ring (bicyclic) bond motifs is 1. The number of pyridine rings is 1. The first-order valence-electron chi connectivity index (χ1n) is 9.67. The van der Waals surface area contributed by atoms with Crippen LogP contribution in [0.2, 0.25) is 0 Å². The van der Waals surface area contributed by atoms with Gasteiger partial charge < -0.3 is 19.5 Å². The van der Waals surface area contributed by atoms with E-state index in [2.05, 4.69) is 26.7 Å². The third kappa shape index (κ3) is 3.57. The molecule has 1 fully saturated rings. The Kier molecular flexibility index (Phi) is 5.25. The molecule has 7 nitrogen and oxygen atoms in total. The number of ether oxygens (including phenoxy) is 1. The van der Waals surface area contributed by atoms with E-state index in [1.165, 1.54) is 0 Å². The normalized spacial score (nSPS) is 15.6. The van der Waals surface area contributed by atoms with Gasteiger partial charge in [-0.05, 0) is 42.3 Å². The van der Waals surface area contributed by atoms with Crippen LogP contribution in [-0.2, 0) is 11.8 Å². The molecule has 146 valence electrons. The minimum atomic E-state index is -0.0934. The molecule has 1 aromatic carbocycles. The van der Waals surface area contributed by atoms with Crippen LogP contribution in [0.5, 0.6) is 0 Å². The lowest BCUT2D eigenvalue weighted by Gasteiger charge is -2.27. The fourth-order valence-electron chi connectivity index (χ4n) is 3.63. The number of hydrogen-bond acceptors (Lipinski definition) is 5. The number of rotatable bonds is 5. The topological polar surface area (TPSA) is 72.3 Å². The van der Waals surface area contributed by atoms with Crippen LogP contribution in [0, 0.1) is 0 Å². The molecule has 0 radical (unpaired) electrons. The summed E-state index contributed by atoms with van der Waals surface area (Å²) in [4.78, 5) is 23.9. The maximum atomic E-state index is 12.8. The van der Waals surface area contributed by atoms with Crippen molar-refractivity contribution >= 4 is 22.9 Å². The zero-order chi connectivity index (χ0) is 19.5. The maximum Gasteiger partial charge on any atom is 0.251 e. The number of nitrogens with one attached hydrogen (secondary N) is 1. The highest BCUT2D eigenvalue weighted by atomic mass is 16.5. The predicted octanol–water partition coefficient (Wildman–Crippen LogP) is 2.69. The zero-order valence-electron chi connectivity index (χ0n) is 16.3. The van der Waals surface area contributed by atoms with Crippen LogP contribution in [0.15, 0.2) is 42.7 Å². The van der Waals surface area contributed by atoms with E-state index in [1.54, 1.807) is 12.4 Å². The number of imidazole rings is 1. The smallest absolute Gasteiger partial charge is 0.251 e. The Bertz CT molecular complexity index is 964. The molecule has 0 aliphatic carbocycles. The number of anilines is 1. The number of nitrogens with zero attached hydrogens (tertiary/aromatic N) is 4. The number of amides is 1. The molecule has 1 N–H and O–H groups in total. The molecule has 2 aromatic heterocycles. The summed E-state index contributed by atoms with van der Waals surface area (Å²) in [6, 6.07) is 9.53. The Morgan fingerprint density at radius 1 is 1.21 bits per heavy atom. The number of carbonyl (C=O) groups is 1. The molecule has 28 heavy (non-hydrogen) atoms. The predicted molar refractivity (Wildman–Crippen MR) is 108 cm³/mol. The third-order valence-electron chi connectivity index (χ3n) is 5.24. The minimum absolute atomic E-state index is 0.0427. The average Bonchev–Trinajstić information content (AvgIpc) is 3.09. The Labute approximate surface area is 164 Å². The van der Waals surface area contributed by atoms with E-state index in [0.717, 1.165) is 42.1 Å². The Hall–Kier alpha value is -2.93. The summed E-state index contributed by atoms with van der Waals surface area (Å²) in [6.07, 6.45) is 4.30. The summed E-state index contributed by atoms with van der Waals surface area (Å²) >= 11 is 0. The largest absolute Gasteiger partial charge is 0.378 e. The van der Waals surface area contributed by atoms with Crippen LogP contribution in [0.3, 0.4) is 0 Å². The van der Waals surface area contributed by atoms with Crippen LogP contribution in [-0.4, -0.2) is 46.7 Å². The van der Waals surface area contributed by atoms with Crippen molar-refractivity contribution in [2.75, 3.05) is 31.2 Å². The summed E-state index contributed by atoms with van der Waals surface area (Å²) in [7, 11) is 2.01. The summed E-state index contributed by atoms with van der Waals surface area (Å²) in [5.74, 6) is 0.822. The molecule has 4 rings (SSSR count). The molecule has 0 spiro atoms. The van der Waals surface area contributed by atoms with E-state index in [0.29, 0.717) is 18.8 Å². The van der Waals surface area contributed by atoms with Gasteiger partial charge in [-0.15, -0.1) is 0 Å². The fraction of sp³-hybridized carbons (Fsp3) is 0.381. The highest BCUT2D eigenvalue weighted by molar-refractivity contribution is 5.98. The number of carbonyl (C=O) groups excluding carboxylic acids is 1. The average molecular weight is 379 g/mol. The van der Waals surface area contributed by atoms with E-state index >= 15 is 0 Å². The van der Waals surface area contributed by atoms with Crippen LogP contribution in [0.1, 0.15) is 35.3 Å². The number of hydrogen-bond donors (Lipinski definition) is 1. The van der Waals surface area contributed by atoms with Gasteiger partial charge in [0.1, 0.15) is 0 Å². The number of benzene rings is 1.